The SMILES string of the molecule is Cc1ccc(OC(CCN)C(F)(F)F)c(C(C)(C)C)c1. The van der Waals surface area contributed by atoms with Gasteiger partial charge in [0.05, 0.1) is 0 Å². The number of alkyl halides is 3. The largest absolute Gasteiger partial charge is 0.481 e. The molecule has 20 heavy (non-hydrogen) atoms. The number of hydrogen-bond acceptors (Lipinski definition) is 2. The highest BCUT2D eigenvalue weighted by molar-refractivity contribution is 5.41. The summed E-state index contributed by atoms with van der Waals surface area (Å²) in [6.07, 6.45) is -6.53. The summed E-state index contributed by atoms with van der Waals surface area (Å²) in [5.41, 5.74) is 6.71. The molecule has 0 aliphatic rings. The van der Waals surface area contributed by atoms with E-state index in [4.69, 9.17) is 10.5 Å². The van der Waals surface area contributed by atoms with Crippen LogP contribution in [0.3, 0.4) is 0 Å². The Bertz CT molecular complexity index is 449. The number of ether oxygens (including phenoxy) is 1. The molecule has 0 heterocycles. The Balaban J connectivity index is 3.13. The molecule has 114 valence electrons. The molecule has 0 spiro atoms. The standard InChI is InChI=1S/C15H22F3NO/c1-10-5-6-12(11(9-10)14(2,3)4)20-13(7-8-19)15(16,17)18/h5-6,9,13H,7-8,19H2,1-4H3. The van der Waals surface area contributed by atoms with Crippen LogP contribution < -0.4 is 10.5 Å². The molecule has 0 amide bonds. The highest BCUT2D eigenvalue weighted by Gasteiger charge is 2.41. The van der Waals surface area contributed by atoms with Crippen LogP contribution in [0.15, 0.2) is 18.2 Å². The zero-order valence-electron chi connectivity index (χ0n) is 12.3. The van der Waals surface area contributed by atoms with Gasteiger partial charge in [-0.15, -0.1) is 0 Å². The zero-order valence-corrected chi connectivity index (χ0v) is 12.3. The molecule has 0 radical (unpaired) electrons. The summed E-state index contributed by atoms with van der Waals surface area (Å²) in [6.45, 7) is 7.67. The third-order valence-corrected chi connectivity index (χ3v) is 3.01. The van der Waals surface area contributed by atoms with Crippen molar-refractivity contribution in [1.29, 1.82) is 0 Å². The van der Waals surface area contributed by atoms with Gasteiger partial charge in [0, 0.05) is 6.42 Å². The van der Waals surface area contributed by atoms with Crippen LogP contribution in [0.25, 0.3) is 0 Å². The van der Waals surface area contributed by atoms with E-state index < -0.39 is 12.3 Å². The number of nitrogens with two attached hydrogens (primary N) is 1. The Kier molecular flexibility index (Phi) is 5.08. The molecule has 0 aliphatic carbocycles. The van der Waals surface area contributed by atoms with Crippen molar-refractivity contribution >= 4 is 0 Å². The first-order valence-electron chi connectivity index (χ1n) is 6.60. The second kappa shape index (κ2) is 6.04. The second-order valence-corrected chi connectivity index (χ2v) is 5.98. The second-order valence-electron chi connectivity index (χ2n) is 5.98. The first kappa shape index (κ1) is 16.8. The normalized spacial score (nSPS) is 14.2. The summed E-state index contributed by atoms with van der Waals surface area (Å²) in [5, 5.41) is 0. The Morgan fingerprint density at radius 3 is 2.25 bits per heavy atom. The lowest BCUT2D eigenvalue weighted by atomic mass is 9.85. The highest BCUT2D eigenvalue weighted by atomic mass is 19.4. The van der Waals surface area contributed by atoms with E-state index in [2.05, 4.69) is 0 Å². The summed E-state index contributed by atoms with van der Waals surface area (Å²) in [7, 11) is 0. The summed E-state index contributed by atoms with van der Waals surface area (Å²) in [5.74, 6) is 0.277. The first-order chi connectivity index (χ1) is 9.05. The van der Waals surface area contributed by atoms with E-state index in [0.717, 1.165) is 11.1 Å². The van der Waals surface area contributed by atoms with Gasteiger partial charge in [0.25, 0.3) is 0 Å². The molecule has 0 aliphatic heterocycles. The van der Waals surface area contributed by atoms with Gasteiger partial charge in [-0.25, -0.2) is 0 Å². The van der Waals surface area contributed by atoms with E-state index in [1.807, 2.05) is 33.8 Å². The Hall–Kier alpha value is -1.23. The van der Waals surface area contributed by atoms with Crippen molar-refractivity contribution in [1.82, 2.24) is 0 Å². The van der Waals surface area contributed by atoms with Crippen molar-refractivity contribution in [3.63, 3.8) is 0 Å². The summed E-state index contributed by atoms with van der Waals surface area (Å²) < 4.78 is 44.0. The fourth-order valence-corrected chi connectivity index (χ4v) is 1.93. The molecule has 2 nitrogen and oxygen atoms in total. The molecular formula is C15H22F3NO. The van der Waals surface area contributed by atoms with E-state index >= 15 is 0 Å². The van der Waals surface area contributed by atoms with Crippen molar-refractivity contribution in [2.24, 2.45) is 5.73 Å². The topological polar surface area (TPSA) is 35.2 Å². The first-order valence-corrected chi connectivity index (χ1v) is 6.60. The molecule has 5 heteroatoms. The van der Waals surface area contributed by atoms with Crippen molar-refractivity contribution in [2.45, 2.75) is 51.8 Å². The van der Waals surface area contributed by atoms with Crippen molar-refractivity contribution in [2.75, 3.05) is 6.54 Å². The van der Waals surface area contributed by atoms with Gasteiger partial charge in [-0.05, 0) is 30.5 Å². The van der Waals surface area contributed by atoms with Gasteiger partial charge in [-0.1, -0.05) is 38.5 Å². The van der Waals surface area contributed by atoms with Gasteiger partial charge in [0.1, 0.15) is 5.75 Å². The van der Waals surface area contributed by atoms with Crippen LogP contribution in [-0.4, -0.2) is 18.8 Å². The third kappa shape index (κ3) is 4.40. The van der Waals surface area contributed by atoms with Gasteiger partial charge in [-0.2, -0.15) is 13.2 Å². The molecule has 2 N–H and O–H groups in total. The predicted molar refractivity (Wildman–Crippen MR) is 74.0 cm³/mol. The summed E-state index contributed by atoms with van der Waals surface area (Å²) in [4.78, 5) is 0. The van der Waals surface area contributed by atoms with E-state index in [1.54, 1.807) is 12.1 Å². The summed E-state index contributed by atoms with van der Waals surface area (Å²) in [6, 6.07) is 5.22. The van der Waals surface area contributed by atoms with E-state index in [0.29, 0.717) is 0 Å². The highest BCUT2D eigenvalue weighted by Crippen LogP contribution is 2.35. The smallest absolute Gasteiger partial charge is 0.425 e. The molecule has 0 saturated heterocycles. The lowest BCUT2D eigenvalue weighted by Crippen LogP contribution is -2.36. The fraction of sp³-hybridized carbons (Fsp3) is 0.600. The molecule has 0 aromatic heterocycles. The van der Waals surface area contributed by atoms with Gasteiger partial charge >= 0.3 is 6.18 Å². The number of halogens is 3. The van der Waals surface area contributed by atoms with Crippen LogP contribution in [0.4, 0.5) is 13.2 Å². The lowest BCUT2D eigenvalue weighted by molar-refractivity contribution is -0.196. The van der Waals surface area contributed by atoms with Gasteiger partial charge in [-0.3, -0.25) is 0 Å². The van der Waals surface area contributed by atoms with Crippen molar-refractivity contribution in [3.05, 3.63) is 29.3 Å². The average molecular weight is 289 g/mol. The maximum atomic E-state index is 12.9. The number of benzene rings is 1. The minimum Gasteiger partial charge on any atom is -0.481 e. The molecule has 0 saturated carbocycles. The average Bonchev–Trinajstić information content (AvgIpc) is 2.28. The quantitative estimate of drug-likeness (QED) is 0.911. The fourth-order valence-electron chi connectivity index (χ4n) is 1.93. The maximum absolute atomic E-state index is 12.9. The van der Waals surface area contributed by atoms with Crippen LogP contribution in [0.5, 0.6) is 5.75 Å². The predicted octanol–water partition coefficient (Wildman–Crippen LogP) is 3.95. The van der Waals surface area contributed by atoms with Gasteiger partial charge in [0.15, 0.2) is 6.10 Å². The molecule has 1 atom stereocenters. The minimum atomic E-state index is -4.42. The zero-order chi connectivity index (χ0) is 15.6. The molecule has 1 aromatic rings. The maximum Gasteiger partial charge on any atom is 0.425 e. The van der Waals surface area contributed by atoms with E-state index in [1.165, 1.54) is 0 Å². The number of rotatable bonds is 4. The molecule has 1 rings (SSSR count). The molecule has 1 aromatic carbocycles. The van der Waals surface area contributed by atoms with Crippen LogP contribution >= 0.6 is 0 Å². The van der Waals surface area contributed by atoms with Crippen LogP contribution in [-0.2, 0) is 5.41 Å². The Morgan fingerprint density at radius 2 is 1.80 bits per heavy atom. The third-order valence-electron chi connectivity index (χ3n) is 3.01. The van der Waals surface area contributed by atoms with Gasteiger partial charge in [0.2, 0.25) is 0 Å². The number of hydrogen-bond donors (Lipinski definition) is 1. The number of aryl methyl sites for hydroxylation is 1. The molecule has 0 bridgehead atoms. The molecular weight excluding hydrogens is 267 g/mol. The lowest BCUT2D eigenvalue weighted by Gasteiger charge is -2.27. The van der Waals surface area contributed by atoms with E-state index in [-0.39, 0.29) is 24.1 Å². The molecule has 0 fully saturated rings. The van der Waals surface area contributed by atoms with Crippen LogP contribution in [0.1, 0.15) is 38.3 Å². The van der Waals surface area contributed by atoms with Gasteiger partial charge < -0.3 is 10.5 Å². The van der Waals surface area contributed by atoms with Crippen LogP contribution in [0.2, 0.25) is 0 Å². The molecule has 1 unspecified atom stereocenters. The summed E-state index contributed by atoms with van der Waals surface area (Å²) >= 11 is 0. The minimum absolute atomic E-state index is 0.0686. The van der Waals surface area contributed by atoms with Crippen molar-refractivity contribution in [3.8, 4) is 5.75 Å². The van der Waals surface area contributed by atoms with Crippen LogP contribution in [0, 0.1) is 6.92 Å². The monoisotopic (exact) mass is 289 g/mol. The Morgan fingerprint density at radius 1 is 1.20 bits per heavy atom. The van der Waals surface area contributed by atoms with E-state index in [9.17, 15) is 13.2 Å². The Labute approximate surface area is 118 Å². The van der Waals surface area contributed by atoms with Crippen molar-refractivity contribution < 1.29 is 17.9 Å².